The van der Waals surface area contributed by atoms with Crippen LogP contribution in [0.25, 0.3) is 0 Å². The van der Waals surface area contributed by atoms with Crippen molar-refractivity contribution < 1.29 is 38.7 Å². The molecule has 2 heterocycles. The molecular weight excluding hydrogens is 416 g/mol. The van der Waals surface area contributed by atoms with Gasteiger partial charge in [0.25, 0.3) is 0 Å². The van der Waals surface area contributed by atoms with Crippen molar-refractivity contribution in [2.45, 2.75) is 128 Å². The molecule has 4 unspecified atom stereocenters. The molecule has 2 aliphatic rings. The van der Waals surface area contributed by atoms with Crippen LogP contribution in [0, 0.1) is 0 Å². The van der Waals surface area contributed by atoms with E-state index in [0.29, 0.717) is 51.7 Å². The first-order chi connectivity index (χ1) is 15.4. The van der Waals surface area contributed by atoms with Crippen molar-refractivity contribution in [2.24, 2.45) is 0 Å². The van der Waals surface area contributed by atoms with E-state index in [9.17, 15) is 19.8 Å². The summed E-state index contributed by atoms with van der Waals surface area (Å²) in [7, 11) is 0. The fourth-order valence-corrected chi connectivity index (χ4v) is 4.54. The summed E-state index contributed by atoms with van der Waals surface area (Å²) in [5, 5.41) is 20.9. The second-order valence-corrected chi connectivity index (χ2v) is 9.13. The summed E-state index contributed by atoms with van der Waals surface area (Å²) in [5.74, 6) is -1.01. The molecule has 2 rings (SSSR count). The minimum absolute atomic E-state index is 0.0975. The van der Waals surface area contributed by atoms with Crippen LogP contribution in [0.5, 0.6) is 0 Å². The maximum atomic E-state index is 12.2. The fraction of sp³-hybridized carbons (Fsp3) is 0.917. The van der Waals surface area contributed by atoms with Gasteiger partial charge in [0.15, 0.2) is 0 Å². The molecule has 2 saturated heterocycles. The quantitative estimate of drug-likeness (QED) is 0.217. The molecule has 0 aromatic rings. The topological polar surface area (TPSA) is 112 Å². The minimum Gasteiger partial charge on any atom is -0.433 e. The highest BCUT2D eigenvalue weighted by atomic mass is 16.7. The Morgan fingerprint density at radius 2 is 1.19 bits per heavy atom. The predicted molar refractivity (Wildman–Crippen MR) is 118 cm³/mol. The van der Waals surface area contributed by atoms with Crippen LogP contribution in [0.1, 0.15) is 104 Å². The Labute approximate surface area is 191 Å². The number of esters is 2. The summed E-state index contributed by atoms with van der Waals surface area (Å²) >= 11 is 0. The number of rotatable bonds is 15. The summed E-state index contributed by atoms with van der Waals surface area (Å²) in [5.41, 5.74) is -1.58. The lowest BCUT2D eigenvalue weighted by molar-refractivity contribution is -0.221. The normalized spacial score (nSPS) is 27.2. The Hall–Kier alpha value is -1.22. The van der Waals surface area contributed by atoms with E-state index in [1.165, 1.54) is 0 Å². The Balaban J connectivity index is 1.67. The van der Waals surface area contributed by atoms with Crippen LogP contribution in [0.15, 0.2) is 0 Å². The highest BCUT2D eigenvalue weighted by molar-refractivity contribution is 5.70. The van der Waals surface area contributed by atoms with E-state index in [1.807, 2.05) is 0 Å². The molecule has 0 amide bonds. The molecular formula is C24H42O8. The zero-order chi connectivity index (χ0) is 23.5. The van der Waals surface area contributed by atoms with E-state index in [4.69, 9.17) is 18.9 Å². The van der Waals surface area contributed by atoms with Gasteiger partial charge in [0.1, 0.15) is 11.2 Å². The number of hydrogen-bond donors (Lipinski definition) is 2. The minimum atomic E-state index is -1.27. The van der Waals surface area contributed by atoms with Crippen LogP contribution < -0.4 is 0 Å². The van der Waals surface area contributed by atoms with Crippen LogP contribution in [0.4, 0.5) is 0 Å². The van der Waals surface area contributed by atoms with E-state index < -0.39 is 35.7 Å². The van der Waals surface area contributed by atoms with Crippen molar-refractivity contribution in [3.63, 3.8) is 0 Å². The predicted octanol–water partition coefficient (Wildman–Crippen LogP) is 3.75. The maximum Gasteiger partial charge on any atom is 0.308 e. The Morgan fingerprint density at radius 3 is 1.50 bits per heavy atom. The van der Waals surface area contributed by atoms with Gasteiger partial charge in [0.05, 0.1) is 0 Å². The van der Waals surface area contributed by atoms with E-state index in [-0.39, 0.29) is 12.8 Å². The van der Waals surface area contributed by atoms with Crippen LogP contribution in [0.3, 0.4) is 0 Å². The van der Waals surface area contributed by atoms with Crippen molar-refractivity contribution in [3.05, 3.63) is 0 Å². The average Bonchev–Trinajstić information content (AvgIpc) is 3.45. The van der Waals surface area contributed by atoms with Crippen LogP contribution in [-0.2, 0) is 28.5 Å². The van der Waals surface area contributed by atoms with Crippen molar-refractivity contribution >= 4 is 11.9 Å². The summed E-state index contributed by atoms with van der Waals surface area (Å²) in [6.45, 7) is 5.27. The van der Waals surface area contributed by atoms with E-state index in [2.05, 4.69) is 13.8 Å². The SMILES string of the molecule is CCCCC1(C(O)OC(=O)CCCCC(=O)OC(O)C2(CCCC)CCCO2)CCCO1. The number of hydrogen-bond acceptors (Lipinski definition) is 8. The Morgan fingerprint density at radius 1 is 0.781 bits per heavy atom. The van der Waals surface area contributed by atoms with Gasteiger partial charge in [0.2, 0.25) is 12.6 Å². The molecule has 0 aromatic carbocycles. The highest BCUT2D eigenvalue weighted by Crippen LogP contribution is 2.36. The largest absolute Gasteiger partial charge is 0.433 e. The third-order valence-corrected chi connectivity index (χ3v) is 6.57. The van der Waals surface area contributed by atoms with Crippen LogP contribution in [-0.4, -0.2) is 59.1 Å². The number of unbranched alkanes of at least 4 members (excludes halogenated alkanes) is 3. The van der Waals surface area contributed by atoms with Gasteiger partial charge < -0.3 is 29.2 Å². The van der Waals surface area contributed by atoms with Gasteiger partial charge in [-0.25, -0.2) is 0 Å². The Kier molecular flexibility index (Phi) is 11.4. The third kappa shape index (κ3) is 7.68. The molecule has 2 fully saturated rings. The van der Waals surface area contributed by atoms with Crippen LogP contribution >= 0.6 is 0 Å². The molecule has 0 saturated carbocycles. The molecule has 0 aromatic heterocycles. The van der Waals surface area contributed by atoms with Crippen molar-refractivity contribution in [3.8, 4) is 0 Å². The smallest absolute Gasteiger partial charge is 0.308 e. The first-order valence-corrected chi connectivity index (χ1v) is 12.4. The van der Waals surface area contributed by atoms with E-state index >= 15 is 0 Å². The zero-order valence-electron chi connectivity index (χ0n) is 19.8. The molecule has 186 valence electrons. The molecule has 0 bridgehead atoms. The molecule has 0 radical (unpaired) electrons. The van der Waals surface area contributed by atoms with Gasteiger partial charge in [-0.2, -0.15) is 0 Å². The van der Waals surface area contributed by atoms with Crippen molar-refractivity contribution in [1.82, 2.24) is 0 Å². The van der Waals surface area contributed by atoms with E-state index in [0.717, 1.165) is 38.5 Å². The molecule has 0 spiro atoms. The van der Waals surface area contributed by atoms with Crippen molar-refractivity contribution in [2.75, 3.05) is 13.2 Å². The summed E-state index contributed by atoms with van der Waals surface area (Å²) in [6.07, 6.45) is 6.63. The fourth-order valence-electron chi connectivity index (χ4n) is 4.54. The standard InChI is InChI=1S/C24H42O8/c1-3-5-13-23(15-9-17-29-23)21(27)31-19(25)11-7-8-12-20(26)32-22(28)24(14-6-4-2)16-10-18-30-24/h21-22,27-28H,3-18H2,1-2H3. The highest BCUT2D eigenvalue weighted by Gasteiger charge is 2.45. The molecule has 8 heteroatoms. The maximum absolute atomic E-state index is 12.2. The lowest BCUT2D eigenvalue weighted by Crippen LogP contribution is -2.44. The second-order valence-electron chi connectivity index (χ2n) is 9.13. The lowest BCUT2D eigenvalue weighted by Gasteiger charge is -2.32. The molecule has 4 atom stereocenters. The van der Waals surface area contributed by atoms with Gasteiger partial charge in [-0.15, -0.1) is 0 Å². The first-order valence-electron chi connectivity index (χ1n) is 12.4. The summed E-state index contributed by atoms with van der Waals surface area (Å²) < 4.78 is 22.0. The van der Waals surface area contributed by atoms with Gasteiger partial charge in [-0.05, 0) is 51.4 Å². The molecule has 8 nitrogen and oxygen atoms in total. The summed E-state index contributed by atoms with van der Waals surface area (Å²) in [6, 6.07) is 0. The molecule has 2 aliphatic heterocycles. The van der Waals surface area contributed by atoms with Crippen molar-refractivity contribution in [1.29, 1.82) is 0 Å². The zero-order valence-corrected chi connectivity index (χ0v) is 19.8. The van der Waals surface area contributed by atoms with Crippen LogP contribution in [0.2, 0.25) is 0 Å². The Bertz CT molecular complexity index is 516. The first kappa shape index (κ1) is 27.0. The number of ether oxygens (including phenoxy) is 4. The number of carbonyl (C=O) groups is 2. The second kappa shape index (κ2) is 13.5. The molecule has 0 aliphatic carbocycles. The van der Waals surface area contributed by atoms with Gasteiger partial charge in [-0.3, -0.25) is 9.59 Å². The lowest BCUT2D eigenvalue weighted by atomic mass is 9.92. The number of aliphatic hydroxyl groups is 2. The number of carbonyl (C=O) groups excluding carboxylic acids is 2. The van der Waals surface area contributed by atoms with Gasteiger partial charge >= 0.3 is 11.9 Å². The summed E-state index contributed by atoms with van der Waals surface area (Å²) in [4.78, 5) is 24.3. The van der Waals surface area contributed by atoms with Gasteiger partial charge in [-0.1, -0.05) is 39.5 Å². The third-order valence-electron chi connectivity index (χ3n) is 6.57. The molecule has 2 N–H and O–H groups in total. The number of aliphatic hydroxyl groups excluding tert-OH is 2. The molecule has 32 heavy (non-hydrogen) atoms. The average molecular weight is 459 g/mol. The van der Waals surface area contributed by atoms with E-state index in [1.54, 1.807) is 0 Å². The monoisotopic (exact) mass is 458 g/mol. The van der Waals surface area contributed by atoms with Gasteiger partial charge in [0, 0.05) is 26.1 Å².